The summed E-state index contributed by atoms with van der Waals surface area (Å²) in [5.41, 5.74) is 5.09. The first kappa shape index (κ1) is 22.5. The van der Waals surface area contributed by atoms with Gasteiger partial charge in [-0.1, -0.05) is 18.2 Å². The van der Waals surface area contributed by atoms with Gasteiger partial charge in [-0.2, -0.15) is 5.10 Å². The number of aryl methyl sites for hydroxylation is 1. The topological polar surface area (TPSA) is 96.8 Å². The molecule has 2 fully saturated rings. The van der Waals surface area contributed by atoms with Gasteiger partial charge in [0.15, 0.2) is 0 Å². The Morgan fingerprint density at radius 2 is 1.97 bits per heavy atom. The number of carbonyl (C=O) groups is 3. The Balaban J connectivity index is 1.09. The molecule has 1 atom stereocenters. The van der Waals surface area contributed by atoms with Crippen LogP contribution in [-0.2, 0) is 35.1 Å². The molecule has 2 aromatic carbocycles. The molecule has 1 spiro atoms. The van der Waals surface area contributed by atoms with Gasteiger partial charge < -0.3 is 9.64 Å². The van der Waals surface area contributed by atoms with Crippen molar-refractivity contribution in [2.45, 2.75) is 50.2 Å². The second-order valence-electron chi connectivity index (χ2n) is 10.8. The fraction of sp³-hybridized carbons (Fsp3) is 0.429. The Hall–Kier alpha value is -3.72. The van der Waals surface area contributed by atoms with Crippen LogP contribution in [0, 0.1) is 0 Å². The van der Waals surface area contributed by atoms with Gasteiger partial charge in [0.05, 0.1) is 24.9 Å². The Morgan fingerprint density at radius 3 is 2.78 bits per heavy atom. The van der Waals surface area contributed by atoms with Crippen LogP contribution in [0.2, 0.25) is 0 Å². The Labute approximate surface area is 214 Å². The van der Waals surface area contributed by atoms with Crippen LogP contribution in [0.5, 0.6) is 5.75 Å². The number of rotatable bonds is 3. The van der Waals surface area contributed by atoms with Crippen LogP contribution in [0.3, 0.4) is 0 Å². The lowest BCUT2D eigenvalue weighted by Gasteiger charge is -2.38. The van der Waals surface area contributed by atoms with Gasteiger partial charge in [-0.15, -0.1) is 0 Å². The average Bonchev–Trinajstić information content (AvgIpc) is 3.56. The SMILES string of the molecule is Cn1ncc2c(CN3CCC4(CC3)COc3c4ccc4c3CN(C3CCC(=O)NC3=O)C4=O)cccc21. The van der Waals surface area contributed by atoms with E-state index in [9.17, 15) is 14.4 Å². The number of imide groups is 1. The zero-order chi connectivity index (χ0) is 25.3. The van der Waals surface area contributed by atoms with E-state index in [-0.39, 0.29) is 29.6 Å². The Morgan fingerprint density at radius 1 is 1.14 bits per heavy atom. The number of hydrogen-bond acceptors (Lipinski definition) is 6. The van der Waals surface area contributed by atoms with Gasteiger partial charge >= 0.3 is 0 Å². The summed E-state index contributed by atoms with van der Waals surface area (Å²) in [4.78, 5) is 41.3. The highest BCUT2D eigenvalue weighted by molar-refractivity contribution is 6.05. The molecule has 1 unspecified atom stereocenters. The van der Waals surface area contributed by atoms with Gasteiger partial charge in [0.25, 0.3) is 5.91 Å². The van der Waals surface area contributed by atoms with Crippen LogP contribution in [0.4, 0.5) is 0 Å². The number of nitrogens with one attached hydrogen (secondary N) is 1. The third-order valence-electron chi connectivity index (χ3n) is 8.82. The highest BCUT2D eigenvalue weighted by atomic mass is 16.5. The third-order valence-corrected chi connectivity index (χ3v) is 8.82. The van der Waals surface area contributed by atoms with E-state index in [0.29, 0.717) is 25.1 Å². The number of likely N-dealkylation sites (tertiary alicyclic amines) is 1. The molecule has 1 N–H and O–H groups in total. The van der Waals surface area contributed by atoms with E-state index in [1.165, 1.54) is 16.5 Å². The molecule has 9 heteroatoms. The van der Waals surface area contributed by atoms with Gasteiger partial charge in [-0.3, -0.25) is 29.3 Å². The first-order chi connectivity index (χ1) is 17.9. The molecule has 3 amide bonds. The molecule has 0 saturated carbocycles. The molecule has 37 heavy (non-hydrogen) atoms. The molecule has 0 bridgehead atoms. The van der Waals surface area contributed by atoms with Crippen LogP contribution in [0.1, 0.15) is 52.7 Å². The lowest BCUT2D eigenvalue weighted by Crippen LogP contribution is -2.52. The Kier molecular flexibility index (Phi) is 4.95. The normalized spacial score (nSPS) is 22.9. The smallest absolute Gasteiger partial charge is 0.255 e. The van der Waals surface area contributed by atoms with Crippen molar-refractivity contribution in [1.29, 1.82) is 0 Å². The summed E-state index contributed by atoms with van der Waals surface area (Å²) in [6.45, 7) is 3.81. The monoisotopic (exact) mass is 499 g/mol. The number of ether oxygens (including phenoxy) is 1. The molecular formula is C28H29N5O4. The van der Waals surface area contributed by atoms with Gasteiger partial charge in [0, 0.05) is 47.5 Å². The molecule has 9 nitrogen and oxygen atoms in total. The van der Waals surface area contributed by atoms with E-state index in [2.05, 4.69) is 39.6 Å². The van der Waals surface area contributed by atoms with Crippen molar-refractivity contribution in [2.24, 2.45) is 7.05 Å². The predicted octanol–water partition coefficient (Wildman–Crippen LogP) is 2.26. The molecule has 0 radical (unpaired) electrons. The van der Waals surface area contributed by atoms with Crippen LogP contribution < -0.4 is 10.1 Å². The number of carbonyl (C=O) groups excluding carboxylic acids is 3. The lowest BCUT2D eigenvalue weighted by molar-refractivity contribution is -0.136. The maximum Gasteiger partial charge on any atom is 0.255 e. The minimum absolute atomic E-state index is 0.0493. The van der Waals surface area contributed by atoms with Crippen LogP contribution in [0.25, 0.3) is 10.9 Å². The highest BCUT2D eigenvalue weighted by Gasteiger charge is 2.47. The first-order valence-corrected chi connectivity index (χ1v) is 13.0. The summed E-state index contributed by atoms with van der Waals surface area (Å²) in [6, 6.07) is 9.76. The number of amides is 3. The van der Waals surface area contributed by atoms with Crippen molar-refractivity contribution in [3.8, 4) is 5.75 Å². The molecule has 7 rings (SSSR count). The van der Waals surface area contributed by atoms with E-state index in [0.717, 1.165) is 49.3 Å². The molecule has 1 aromatic heterocycles. The van der Waals surface area contributed by atoms with Crippen LogP contribution in [-0.4, -0.2) is 63.0 Å². The van der Waals surface area contributed by atoms with Crippen molar-refractivity contribution in [3.63, 3.8) is 0 Å². The van der Waals surface area contributed by atoms with Crippen molar-refractivity contribution >= 4 is 28.6 Å². The number of benzene rings is 2. The van der Waals surface area contributed by atoms with Gasteiger partial charge in [-0.25, -0.2) is 0 Å². The fourth-order valence-electron chi connectivity index (χ4n) is 6.65. The van der Waals surface area contributed by atoms with Crippen molar-refractivity contribution in [1.82, 2.24) is 24.9 Å². The number of aromatic nitrogens is 2. The van der Waals surface area contributed by atoms with Gasteiger partial charge in [0.2, 0.25) is 11.8 Å². The van der Waals surface area contributed by atoms with E-state index in [1.54, 1.807) is 4.90 Å². The lowest BCUT2D eigenvalue weighted by atomic mass is 9.74. The molecule has 4 aliphatic heterocycles. The molecule has 5 heterocycles. The average molecular weight is 500 g/mol. The minimum Gasteiger partial charge on any atom is -0.492 e. The third kappa shape index (κ3) is 3.40. The van der Waals surface area contributed by atoms with E-state index in [1.807, 2.05) is 24.0 Å². The first-order valence-electron chi connectivity index (χ1n) is 13.0. The van der Waals surface area contributed by atoms with Crippen molar-refractivity contribution in [2.75, 3.05) is 19.7 Å². The van der Waals surface area contributed by atoms with Crippen LogP contribution in [0.15, 0.2) is 36.5 Å². The fourth-order valence-corrected chi connectivity index (χ4v) is 6.65. The van der Waals surface area contributed by atoms with Crippen molar-refractivity contribution in [3.05, 3.63) is 58.8 Å². The highest BCUT2D eigenvalue weighted by Crippen LogP contribution is 2.49. The van der Waals surface area contributed by atoms with Crippen molar-refractivity contribution < 1.29 is 19.1 Å². The van der Waals surface area contributed by atoms with E-state index >= 15 is 0 Å². The number of hydrogen-bond donors (Lipinski definition) is 1. The second-order valence-corrected chi connectivity index (χ2v) is 10.8. The molecule has 3 aromatic rings. The second kappa shape index (κ2) is 8.14. The molecular weight excluding hydrogens is 470 g/mol. The summed E-state index contributed by atoms with van der Waals surface area (Å²) in [5.74, 6) is 0.00583. The van der Waals surface area contributed by atoms with E-state index in [4.69, 9.17) is 4.74 Å². The molecule has 4 aliphatic rings. The molecule has 0 aliphatic carbocycles. The zero-order valence-electron chi connectivity index (χ0n) is 20.8. The number of nitrogens with zero attached hydrogens (tertiary/aromatic N) is 4. The quantitative estimate of drug-likeness (QED) is 0.556. The maximum atomic E-state index is 13.2. The summed E-state index contributed by atoms with van der Waals surface area (Å²) in [5, 5.41) is 8.01. The summed E-state index contributed by atoms with van der Waals surface area (Å²) in [7, 11) is 1.97. The van der Waals surface area contributed by atoms with Crippen LogP contribution >= 0.6 is 0 Å². The molecule has 2 saturated heterocycles. The van der Waals surface area contributed by atoms with Gasteiger partial charge in [0.1, 0.15) is 11.8 Å². The summed E-state index contributed by atoms with van der Waals surface area (Å²) >= 11 is 0. The minimum atomic E-state index is -0.615. The zero-order valence-corrected chi connectivity index (χ0v) is 20.8. The number of piperidine rings is 2. The predicted molar refractivity (Wildman–Crippen MR) is 135 cm³/mol. The van der Waals surface area contributed by atoms with Gasteiger partial charge in [-0.05, 0) is 50.0 Å². The number of fused-ring (bicyclic) bond motifs is 5. The largest absolute Gasteiger partial charge is 0.492 e. The maximum absolute atomic E-state index is 13.2. The Bertz CT molecular complexity index is 1470. The van der Waals surface area contributed by atoms with E-state index < -0.39 is 6.04 Å². The molecule has 190 valence electrons. The standard InChI is InChI=1S/C28H29N5O4/c1-31-22-4-2-3-17(19(22)13-29-31)14-32-11-9-28(10-12-32)16-37-25-20-15-33(23-7-8-24(34)30-26(23)35)27(36)18(20)5-6-21(25)28/h2-6,13,23H,7-12,14-16H2,1H3,(H,30,34,35). The summed E-state index contributed by atoms with van der Waals surface area (Å²) < 4.78 is 8.23. The summed E-state index contributed by atoms with van der Waals surface area (Å²) in [6.07, 6.45) is 4.55.